The van der Waals surface area contributed by atoms with E-state index in [0.717, 1.165) is 12.1 Å². The zero-order valence-electron chi connectivity index (χ0n) is 22.8. The molecule has 0 aliphatic heterocycles. The van der Waals surface area contributed by atoms with Gasteiger partial charge in [-0.15, -0.1) is 0 Å². The maximum absolute atomic E-state index is 14.1. The molecule has 218 valence electrons. The van der Waals surface area contributed by atoms with Crippen LogP contribution < -0.4 is 10.6 Å². The molecule has 0 saturated heterocycles. The molecule has 0 spiro atoms. The molecule has 0 bridgehead atoms. The Labute approximate surface area is 238 Å². The van der Waals surface area contributed by atoms with Crippen LogP contribution in [0.15, 0.2) is 66.7 Å². The number of benzene rings is 3. The first-order valence-electron chi connectivity index (χ1n) is 12.8. The zero-order chi connectivity index (χ0) is 30.6. The molecular weight excluding hydrogens is 553 g/mol. The minimum atomic E-state index is -1.39. The molecule has 3 N–H and O–H groups in total. The number of aryl methyl sites for hydroxylation is 1. The lowest BCUT2D eigenvalue weighted by Gasteiger charge is -2.16. The van der Waals surface area contributed by atoms with Crippen molar-refractivity contribution >= 4 is 23.7 Å². The molecule has 42 heavy (non-hydrogen) atoms. The van der Waals surface area contributed by atoms with Crippen LogP contribution in [0.25, 0.3) is 11.3 Å². The smallest absolute Gasteiger partial charge is 0.412 e. The summed E-state index contributed by atoms with van der Waals surface area (Å²) in [7, 11) is 1.68. The summed E-state index contributed by atoms with van der Waals surface area (Å²) in [6, 6.07) is 13.6. The molecule has 0 aliphatic carbocycles. The van der Waals surface area contributed by atoms with E-state index in [2.05, 4.69) is 15.7 Å². The SMILES string of the molecule is Cc1c(NC(=O)OC(C)c2ccccc2F)c(-c2ccc(C(=O)NC(Cc3ccc(F)c(F)c3)C(=O)O)cc2)nn1C. The number of nitrogens with zero attached hydrogens (tertiary/aromatic N) is 2. The van der Waals surface area contributed by atoms with E-state index in [1.165, 1.54) is 36.4 Å². The fourth-order valence-corrected chi connectivity index (χ4v) is 4.24. The van der Waals surface area contributed by atoms with Gasteiger partial charge in [0.15, 0.2) is 11.6 Å². The fraction of sp³-hybridized carbons (Fsp3) is 0.200. The van der Waals surface area contributed by atoms with Crippen LogP contribution >= 0.6 is 0 Å². The van der Waals surface area contributed by atoms with Gasteiger partial charge in [-0.3, -0.25) is 14.8 Å². The lowest BCUT2D eigenvalue weighted by Crippen LogP contribution is -2.42. The molecule has 0 saturated carbocycles. The van der Waals surface area contributed by atoms with Crippen LogP contribution in [0.1, 0.15) is 40.2 Å². The van der Waals surface area contributed by atoms with Crippen molar-refractivity contribution < 1.29 is 37.4 Å². The molecule has 12 heteroatoms. The molecule has 0 fully saturated rings. The first-order chi connectivity index (χ1) is 19.9. The Hall–Kier alpha value is -5.13. The minimum absolute atomic E-state index is 0.135. The second kappa shape index (κ2) is 12.6. The van der Waals surface area contributed by atoms with Gasteiger partial charge in [0, 0.05) is 30.2 Å². The van der Waals surface area contributed by atoms with Gasteiger partial charge in [0.1, 0.15) is 23.7 Å². The molecule has 3 aromatic carbocycles. The van der Waals surface area contributed by atoms with E-state index in [4.69, 9.17) is 4.74 Å². The Kier molecular flexibility index (Phi) is 8.94. The third-order valence-corrected chi connectivity index (χ3v) is 6.64. The van der Waals surface area contributed by atoms with Gasteiger partial charge in [-0.2, -0.15) is 5.10 Å². The lowest BCUT2D eigenvalue weighted by atomic mass is 10.0. The van der Waals surface area contributed by atoms with Crippen LogP contribution in [-0.4, -0.2) is 38.9 Å². The summed E-state index contributed by atoms with van der Waals surface area (Å²) < 4.78 is 47.8. The number of aliphatic carboxylic acids is 1. The highest BCUT2D eigenvalue weighted by Gasteiger charge is 2.23. The van der Waals surface area contributed by atoms with Crippen molar-refractivity contribution in [2.75, 3.05) is 5.32 Å². The van der Waals surface area contributed by atoms with E-state index in [1.807, 2.05) is 0 Å². The van der Waals surface area contributed by atoms with Crippen molar-refractivity contribution in [2.24, 2.45) is 7.05 Å². The molecule has 1 heterocycles. The summed E-state index contributed by atoms with van der Waals surface area (Å²) >= 11 is 0. The van der Waals surface area contributed by atoms with Crippen molar-refractivity contribution in [1.82, 2.24) is 15.1 Å². The number of rotatable bonds is 9. The summed E-state index contributed by atoms with van der Waals surface area (Å²) in [6.45, 7) is 3.28. The Morgan fingerprint density at radius 2 is 1.67 bits per heavy atom. The molecule has 2 atom stereocenters. The first kappa shape index (κ1) is 29.8. The third-order valence-electron chi connectivity index (χ3n) is 6.64. The van der Waals surface area contributed by atoms with Crippen LogP contribution in [-0.2, 0) is 23.0 Å². The number of aromatic nitrogens is 2. The average Bonchev–Trinajstić information content (AvgIpc) is 3.23. The van der Waals surface area contributed by atoms with Gasteiger partial charge in [-0.1, -0.05) is 36.4 Å². The van der Waals surface area contributed by atoms with Crippen molar-refractivity contribution in [3.05, 3.63) is 107 Å². The van der Waals surface area contributed by atoms with E-state index in [9.17, 15) is 32.7 Å². The van der Waals surface area contributed by atoms with E-state index >= 15 is 0 Å². The van der Waals surface area contributed by atoms with E-state index in [0.29, 0.717) is 22.6 Å². The molecule has 1 aromatic heterocycles. The summed E-state index contributed by atoms with van der Waals surface area (Å²) in [5.74, 6) is -4.73. The van der Waals surface area contributed by atoms with Crippen LogP contribution in [0.5, 0.6) is 0 Å². The number of halogens is 3. The minimum Gasteiger partial charge on any atom is -0.480 e. The summed E-state index contributed by atoms with van der Waals surface area (Å²) in [6.07, 6.45) is -1.94. The highest BCUT2D eigenvalue weighted by atomic mass is 19.2. The summed E-state index contributed by atoms with van der Waals surface area (Å²) in [5.41, 5.74) is 2.41. The van der Waals surface area contributed by atoms with Gasteiger partial charge in [0.25, 0.3) is 5.91 Å². The molecule has 2 unspecified atom stereocenters. The van der Waals surface area contributed by atoms with Crippen LogP contribution in [0, 0.1) is 24.4 Å². The Morgan fingerprint density at radius 1 is 0.976 bits per heavy atom. The van der Waals surface area contributed by atoms with Gasteiger partial charge in [-0.25, -0.2) is 22.8 Å². The predicted molar refractivity (Wildman–Crippen MR) is 147 cm³/mol. The number of hydrogen-bond acceptors (Lipinski definition) is 5. The second-order valence-corrected chi connectivity index (χ2v) is 9.52. The number of nitrogens with one attached hydrogen (secondary N) is 2. The number of carbonyl (C=O) groups excluding carboxylic acids is 2. The zero-order valence-corrected chi connectivity index (χ0v) is 22.8. The second-order valence-electron chi connectivity index (χ2n) is 9.52. The third kappa shape index (κ3) is 6.77. The molecular formula is C30H27F3N4O5. The number of ether oxygens (including phenoxy) is 1. The summed E-state index contributed by atoms with van der Waals surface area (Å²) in [4.78, 5) is 37.2. The molecule has 0 radical (unpaired) electrons. The maximum atomic E-state index is 14.1. The topological polar surface area (TPSA) is 123 Å². The quantitative estimate of drug-likeness (QED) is 0.239. The van der Waals surface area contributed by atoms with Gasteiger partial charge < -0.3 is 15.2 Å². The summed E-state index contributed by atoms with van der Waals surface area (Å²) in [5, 5.41) is 19.0. The van der Waals surface area contributed by atoms with Crippen LogP contribution in [0.4, 0.5) is 23.7 Å². The number of carboxylic acids is 1. The highest BCUT2D eigenvalue weighted by Crippen LogP contribution is 2.31. The Bertz CT molecular complexity index is 1640. The van der Waals surface area contributed by atoms with Gasteiger partial charge in [0.05, 0.1) is 11.4 Å². The molecule has 4 rings (SSSR count). The van der Waals surface area contributed by atoms with Gasteiger partial charge in [0.2, 0.25) is 0 Å². The predicted octanol–water partition coefficient (Wildman–Crippen LogP) is 5.55. The van der Waals surface area contributed by atoms with Crippen molar-refractivity contribution in [3.8, 4) is 11.3 Å². The monoisotopic (exact) mass is 580 g/mol. The van der Waals surface area contributed by atoms with Crippen molar-refractivity contribution in [1.29, 1.82) is 0 Å². The van der Waals surface area contributed by atoms with Crippen LogP contribution in [0.2, 0.25) is 0 Å². The number of hydrogen-bond donors (Lipinski definition) is 3. The lowest BCUT2D eigenvalue weighted by molar-refractivity contribution is -0.139. The van der Waals surface area contributed by atoms with Crippen LogP contribution in [0.3, 0.4) is 0 Å². The van der Waals surface area contributed by atoms with E-state index in [1.54, 1.807) is 43.8 Å². The normalized spacial score (nSPS) is 12.3. The maximum Gasteiger partial charge on any atom is 0.412 e. The van der Waals surface area contributed by atoms with Crippen molar-refractivity contribution in [3.63, 3.8) is 0 Å². The van der Waals surface area contributed by atoms with E-state index < -0.39 is 47.6 Å². The van der Waals surface area contributed by atoms with Crippen molar-refractivity contribution in [2.45, 2.75) is 32.4 Å². The molecule has 2 amide bonds. The van der Waals surface area contributed by atoms with Gasteiger partial charge >= 0.3 is 12.1 Å². The number of carbonyl (C=O) groups is 3. The largest absolute Gasteiger partial charge is 0.480 e. The fourth-order valence-electron chi connectivity index (χ4n) is 4.24. The molecule has 9 nitrogen and oxygen atoms in total. The van der Waals surface area contributed by atoms with Gasteiger partial charge in [-0.05, 0) is 49.7 Å². The Balaban J connectivity index is 1.47. The van der Waals surface area contributed by atoms with E-state index in [-0.39, 0.29) is 23.1 Å². The first-order valence-corrected chi connectivity index (χ1v) is 12.8. The highest BCUT2D eigenvalue weighted by molar-refractivity contribution is 5.97. The molecule has 4 aromatic rings. The average molecular weight is 581 g/mol. The number of carboxylic acid groups (broad SMARTS) is 1. The standard InChI is InChI=1S/C30H27F3N4O5/c1-16-26(35-30(41)42-17(2)21-6-4-5-7-22(21)31)27(36-37(16)3)19-9-11-20(12-10-19)28(38)34-25(29(39)40)15-18-8-13-23(32)24(33)14-18/h4-14,17,25H,15H2,1-3H3,(H,34,38)(H,35,41)(H,39,40). The Morgan fingerprint density at radius 3 is 2.31 bits per heavy atom. The number of amides is 2. The number of anilines is 1. The molecule has 0 aliphatic rings.